The standard InChI is InChI=1S/C24H20ClN3S/c1-28-19-8-4-5-9-21(19)29-22-12-16(17(25)13-20(22)28)23-24-15(10-11-26-23)14-6-2-3-7-18(14)27-24/h2-9,12-13,23,26-27H,10-11H2,1H3. The van der Waals surface area contributed by atoms with Gasteiger partial charge in [-0.2, -0.15) is 0 Å². The van der Waals surface area contributed by atoms with Crippen molar-refractivity contribution in [2.75, 3.05) is 18.5 Å². The molecule has 3 aromatic carbocycles. The van der Waals surface area contributed by atoms with Gasteiger partial charge in [-0.05, 0) is 47.9 Å². The first kappa shape index (κ1) is 17.5. The Kier molecular flexibility index (Phi) is 3.95. The first-order chi connectivity index (χ1) is 14.2. The number of hydrogen-bond acceptors (Lipinski definition) is 3. The molecule has 144 valence electrons. The van der Waals surface area contributed by atoms with E-state index in [-0.39, 0.29) is 6.04 Å². The Morgan fingerprint density at radius 1 is 1.00 bits per heavy atom. The number of rotatable bonds is 1. The maximum atomic E-state index is 6.86. The Labute approximate surface area is 179 Å². The van der Waals surface area contributed by atoms with Gasteiger partial charge in [0.2, 0.25) is 0 Å². The minimum atomic E-state index is 0.0760. The molecule has 4 aromatic rings. The fourth-order valence-corrected chi connectivity index (χ4v) is 6.08. The minimum absolute atomic E-state index is 0.0760. The molecule has 0 saturated heterocycles. The summed E-state index contributed by atoms with van der Waals surface area (Å²) >= 11 is 8.68. The number of aromatic nitrogens is 1. The Bertz CT molecular complexity index is 1260. The highest BCUT2D eigenvalue weighted by Gasteiger charge is 2.29. The van der Waals surface area contributed by atoms with E-state index in [0.29, 0.717) is 0 Å². The molecule has 0 bridgehead atoms. The number of H-pyrrole nitrogens is 1. The van der Waals surface area contributed by atoms with Gasteiger partial charge in [-0.3, -0.25) is 0 Å². The molecular weight excluding hydrogens is 398 g/mol. The summed E-state index contributed by atoms with van der Waals surface area (Å²) in [6.07, 6.45) is 1.03. The molecule has 2 N–H and O–H groups in total. The third kappa shape index (κ3) is 2.63. The summed E-state index contributed by atoms with van der Waals surface area (Å²) in [7, 11) is 2.11. The normalized spacial score (nSPS) is 17.7. The lowest BCUT2D eigenvalue weighted by molar-refractivity contribution is 0.559. The molecule has 1 atom stereocenters. The second-order valence-electron chi connectivity index (χ2n) is 7.67. The third-order valence-electron chi connectivity index (χ3n) is 6.06. The molecule has 3 nitrogen and oxygen atoms in total. The average molecular weight is 418 g/mol. The van der Waals surface area contributed by atoms with Crippen LogP contribution >= 0.6 is 23.4 Å². The molecule has 29 heavy (non-hydrogen) atoms. The zero-order chi connectivity index (χ0) is 19.5. The smallest absolute Gasteiger partial charge is 0.0747 e. The molecule has 0 fully saturated rings. The van der Waals surface area contributed by atoms with Crippen LogP contribution in [0.1, 0.15) is 22.9 Å². The van der Waals surface area contributed by atoms with Crippen molar-refractivity contribution >= 4 is 45.6 Å². The predicted molar refractivity (Wildman–Crippen MR) is 122 cm³/mol. The van der Waals surface area contributed by atoms with E-state index in [2.05, 4.69) is 82.9 Å². The fourth-order valence-electron chi connectivity index (χ4n) is 4.64. The van der Waals surface area contributed by atoms with E-state index in [4.69, 9.17) is 11.6 Å². The van der Waals surface area contributed by atoms with Gasteiger partial charge in [0.25, 0.3) is 0 Å². The van der Waals surface area contributed by atoms with E-state index in [1.807, 2.05) is 11.8 Å². The van der Waals surface area contributed by atoms with Gasteiger partial charge in [-0.15, -0.1) is 0 Å². The third-order valence-corrected chi connectivity index (χ3v) is 7.50. The summed E-state index contributed by atoms with van der Waals surface area (Å²) in [6, 6.07) is 21.6. The summed E-state index contributed by atoms with van der Waals surface area (Å²) in [5, 5.41) is 5.82. The number of fused-ring (bicyclic) bond motifs is 5. The van der Waals surface area contributed by atoms with Crippen LogP contribution in [0, 0.1) is 0 Å². The van der Waals surface area contributed by atoms with Crippen LogP contribution in [0.3, 0.4) is 0 Å². The first-order valence-corrected chi connectivity index (χ1v) is 11.1. The van der Waals surface area contributed by atoms with Crippen molar-refractivity contribution in [3.63, 3.8) is 0 Å². The number of nitrogens with one attached hydrogen (secondary N) is 2. The number of para-hydroxylation sites is 2. The lowest BCUT2D eigenvalue weighted by Gasteiger charge is -2.32. The van der Waals surface area contributed by atoms with Gasteiger partial charge < -0.3 is 15.2 Å². The lowest BCUT2D eigenvalue weighted by atomic mass is 9.94. The number of nitrogens with zero attached hydrogens (tertiary/aromatic N) is 1. The van der Waals surface area contributed by atoms with Crippen molar-refractivity contribution in [1.29, 1.82) is 0 Å². The van der Waals surface area contributed by atoms with Crippen LogP contribution < -0.4 is 10.2 Å². The van der Waals surface area contributed by atoms with Gasteiger partial charge in [-0.25, -0.2) is 0 Å². The summed E-state index contributed by atoms with van der Waals surface area (Å²) in [4.78, 5) is 8.42. The largest absolute Gasteiger partial charge is 0.357 e. The van der Waals surface area contributed by atoms with Crippen LogP contribution in [0.5, 0.6) is 0 Å². The second-order valence-corrected chi connectivity index (χ2v) is 9.16. The molecule has 5 heteroatoms. The number of aromatic amines is 1. The molecule has 1 aromatic heterocycles. The van der Waals surface area contributed by atoms with Gasteiger partial charge in [0.15, 0.2) is 0 Å². The molecule has 0 radical (unpaired) electrons. The van der Waals surface area contributed by atoms with E-state index in [9.17, 15) is 0 Å². The minimum Gasteiger partial charge on any atom is -0.357 e. The number of halogens is 1. The zero-order valence-corrected chi connectivity index (χ0v) is 17.6. The van der Waals surface area contributed by atoms with Crippen molar-refractivity contribution < 1.29 is 0 Å². The number of benzene rings is 3. The van der Waals surface area contributed by atoms with Crippen LogP contribution in [0.25, 0.3) is 10.9 Å². The number of anilines is 2. The molecular formula is C24H20ClN3S. The Morgan fingerprint density at radius 2 is 1.83 bits per heavy atom. The Balaban J connectivity index is 1.49. The predicted octanol–water partition coefficient (Wildman–Crippen LogP) is 6.29. The van der Waals surface area contributed by atoms with Gasteiger partial charge in [0, 0.05) is 45.0 Å². The van der Waals surface area contributed by atoms with Crippen LogP contribution in [0.4, 0.5) is 11.4 Å². The Morgan fingerprint density at radius 3 is 2.76 bits per heavy atom. The van der Waals surface area contributed by atoms with Crippen molar-refractivity contribution in [2.45, 2.75) is 22.3 Å². The van der Waals surface area contributed by atoms with Crippen molar-refractivity contribution in [3.05, 3.63) is 82.5 Å². The molecule has 0 saturated carbocycles. The van der Waals surface area contributed by atoms with Crippen LogP contribution in [0.15, 0.2) is 70.5 Å². The summed E-state index contributed by atoms with van der Waals surface area (Å²) < 4.78 is 0. The van der Waals surface area contributed by atoms with Crippen LogP contribution in [-0.4, -0.2) is 18.6 Å². The monoisotopic (exact) mass is 417 g/mol. The Hall–Kier alpha value is -2.40. The van der Waals surface area contributed by atoms with Crippen LogP contribution in [-0.2, 0) is 6.42 Å². The van der Waals surface area contributed by atoms with Crippen LogP contribution in [0.2, 0.25) is 5.02 Å². The van der Waals surface area contributed by atoms with E-state index in [0.717, 1.165) is 29.2 Å². The van der Waals surface area contributed by atoms with E-state index in [1.165, 1.54) is 37.6 Å². The second kappa shape index (κ2) is 6.56. The fraction of sp³-hybridized carbons (Fsp3) is 0.167. The maximum Gasteiger partial charge on any atom is 0.0747 e. The van der Waals surface area contributed by atoms with Gasteiger partial charge >= 0.3 is 0 Å². The van der Waals surface area contributed by atoms with Gasteiger partial charge in [0.1, 0.15) is 0 Å². The molecule has 0 amide bonds. The topological polar surface area (TPSA) is 31.1 Å². The van der Waals surface area contributed by atoms with Gasteiger partial charge in [0.05, 0.1) is 17.4 Å². The first-order valence-electron chi connectivity index (χ1n) is 9.87. The van der Waals surface area contributed by atoms with Gasteiger partial charge in [-0.1, -0.05) is 53.7 Å². The molecule has 0 spiro atoms. The quantitative estimate of drug-likeness (QED) is 0.381. The molecule has 2 aliphatic rings. The molecule has 1 unspecified atom stereocenters. The average Bonchev–Trinajstić information content (AvgIpc) is 3.13. The summed E-state index contributed by atoms with van der Waals surface area (Å²) in [6.45, 7) is 0.947. The molecule has 2 aliphatic heterocycles. The highest BCUT2D eigenvalue weighted by molar-refractivity contribution is 7.99. The summed E-state index contributed by atoms with van der Waals surface area (Å²) in [5.41, 5.74) is 7.38. The highest BCUT2D eigenvalue weighted by atomic mass is 35.5. The van der Waals surface area contributed by atoms with E-state index >= 15 is 0 Å². The molecule has 6 rings (SSSR count). The lowest BCUT2D eigenvalue weighted by Crippen LogP contribution is -2.30. The SMILES string of the molecule is CN1c2ccccc2Sc2cc(C3NCCc4c3[nH]c3ccccc43)c(Cl)cc21. The van der Waals surface area contributed by atoms with Crippen molar-refractivity contribution in [3.8, 4) is 0 Å². The maximum absolute atomic E-state index is 6.86. The molecule has 3 heterocycles. The number of hydrogen-bond donors (Lipinski definition) is 2. The van der Waals surface area contributed by atoms with Crippen molar-refractivity contribution in [1.82, 2.24) is 10.3 Å². The van der Waals surface area contributed by atoms with Crippen molar-refractivity contribution in [2.24, 2.45) is 0 Å². The van der Waals surface area contributed by atoms with E-state index in [1.54, 1.807) is 0 Å². The summed E-state index contributed by atoms with van der Waals surface area (Å²) in [5.74, 6) is 0. The molecule has 0 aliphatic carbocycles. The highest BCUT2D eigenvalue weighted by Crippen LogP contribution is 2.50. The van der Waals surface area contributed by atoms with E-state index < -0.39 is 0 Å². The zero-order valence-electron chi connectivity index (χ0n) is 16.0.